The van der Waals surface area contributed by atoms with Crippen molar-refractivity contribution in [3.63, 3.8) is 0 Å². The zero-order valence-electron chi connectivity index (χ0n) is 12.3. The quantitative estimate of drug-likeness (QED) is 0.672. The SMILES string of the molecule is CNC(=O)NC(=O)COC(=O)Cc1ccc(NC(C)=O)cc1. The van der Waals surface area contributed by atoms with Gasteiger partial charge in [-0.3, -0.25) is 19.7 Å². The van der Waals surface area contributed by atoms with Crippen molar-refractivity contribution < 1.29 is 23.9 Å². The van der Waals surface area contributed by atoms with Gasteiger partial charge in [0.05, 0.1) is 6.42 Å². The second-order valence-corrected chi connectivity index (χ2v) is 4.34. The minimum Gasteiger partial charge on any atom is -0.455 e. The smallest absolute Gasteiger partial charge is 0.321 e. The van der Waals surface area contributed by atoms with Crippen LogP contribution in [0.4, 0.5) is 10.5 Å². The van der Waals surface area contributed by atoms with Crippen LogP contribution in [-0.2, 0) is 25.5 Å². The van der Waals surface area contributed by atoms with E-state index in [1.165, 1.54) is 14.0 Å². The number of ether oxygens (including phenoxy) is 1. The van der Waals surface area contributed by atoms with Crippen LogP contribution in [0.5, 0.6) is 0 Å². The lowest BCUT2D eigenvalue weighted by Gasteiger charge is -2.06. The number of anilines is 1. The molecular weight excluding hydrogens is 290 g/mol. The molecule has 0 bridgehead atoms. The maximum Gasteiger partial charge on any atom is 0.321 e. The third kappa shape index (κ3) is 6.51. The molecule has 0 fully saturated rings. The second-order valence-electron chi connectivity index (χ2n) is 4.34. The highest BCUT2D eigenvalue weighted by Gasteiger charge is 2.10. The fourth-order valence-electron chi connectivity index (χ4n) is 1.50. The Morgan fingerprint density at radius 1 is 1.09 bits per heavy atom. The molecule has 118 valence electrons. The van der Waals surface area contributed by atoms with Crippen LogP contribution >= 0.6 is 0 Å². The van der Waals surface area contributed by atoms with Crippen LogP contribution in [0.25, 0.3) is 0 Å². The van der Waals surface area contributed by atoms with Crippen molar-refractivity contribution in [1.29, 1.82) is 0 Å². The summed E-state index contributed by atoms with van der Waals surface area (Å²) in [5.74, 6) is -1.50. The van der Waals surface area contributed by atoms with Gasteiger partial charge in [0.15, 0.2) is 6.61 Å². The fourth-order valence-corrected chi connectivity index (χ4v) is 1.50. The van der Waals surface area contributed by atoms with E-state index >= 15 is 0 Å². The van der Waals surface area contributed by atoms with Crippen molar-refractivity contribution in [1.82, 2.24) is 10.6 Å². The van der Waals surface area contributed by atoms with E-state index in [1.54, 1.807) is 24.3 Å². The van der Waals surface area contributed by atoms with Crippen molar-refractivity contribution >= 4 is 29.5 Å². The molecule has 1 rings (SSSR count). The molecule has 3 N–H and O–H groups in total. The van der Waals surface area contributed by atoms with Crippen LogP contribution in [0.2, 0.25) is 0 Å². The van der Waals surface area contributed by atoms with Crippen LogP contribution in [0.15, 0.2) is 24.3 Å². The lowest BCUT2D eigenvalue weighted by atomic mass is 10.1. The Morgan fingerprint density at radius 3 is 2.27 bits per heavy atom. The summed E-state index contributed by atoms with van der Waals surface area (Å²) in [6, 6.07) is 5.97. The summed E-state index contributed by atoms with van der Waals surface area (Å²) < 4.78 is 4.75. The summed E-state index contributed by atoms with van der Waals surface area (Å²) in [4.78, 5) is 44.5. The lowest BCUT2D eigenvalue weighted by Crippen LogP contribution is -2.39. The lowest BCUT2D eigenvalue weighted by molar-refractivity contribution is -0.147. The van der Waals surface area contributed by atoms with E-state index in [9.17, 15) is 19.2 Å². The van der Waals surface area contributed by atoms with Gasteiger partial charge in [-0.2, -0.15) is 0 Å². The molecule has 22 heavy (non-hydrogen) atoms. The molecule has 0 saturated heterocycles. The standard InChI is InChI=1S/C14H17N3O5/c1-9(18)16-11-5-3-10(4-6-11)7-13(20)22-8-12(19)17-14(21)15-2/h3-6H,7-8H2,1-2H3,(H,16,18)(H2,15,17,19,21). The number of hydrogen-bond donors (Lipinski definition) is 3. The van der Waals surface area contributed by atoms with Crippen LogP contribution < -0.4 is 16.0 Å². The minimum absolute atomic E-state index is 0.0202. The summed E-state index contributed by atoms with van der Waals surface area (Å²) >= 11 is 0. The topological polar surface area (TPSA) is 114 Å². The predicted octanol–water partition coefficient (Wildman–Crippen LogP) is 0.186. The molecule has 0 heterocycles. The highest BCUT2D eigenvalue weighted by Crippen LogP contribution is 2.10. The maximum atomic E-state index is 11.6. The maximum absolute atomic E-state index is 11.6. The number of imide groups is 1. The number of hydrogen-bond acceptors (Lipinski definition) is 5. The molecule has 1 aromatic rings. The average molecular weight is 307 g/mol. The molecule has 8 heteroatoms. The van der Waals surface area contributed by atoms with E-state index in [-0.39, 0.29) is 12.3 Å². The van der Waals surface area contributed by atoms with E-state index < -0.39 is 24.5 Å². The number of esters is 1. The zero-order valence-corrected chi connectivity index (χ0v) is 12.3. The molecule has 0 spiro atoms. The molecule has 0 atom stereocenters. The van der Waals surface area contributed by atoms with Gasteiger partial charge in [0.1, 0.15) is 0 Å². The first-order valence-electron chi connectivity index (χ1n) is 6.44. The molecule has 0 radical (unpaired) electrons. The summed E-state index contributed by atoms with van der Waals surface area (Å²) in [6.07, 6.45) is -0.0202. The Morgan fingerprint density at radius 2 is 1.73 bits per heavy atom. The van der Waals surface area contributed by atoms with Crippen molar-refractivity contribution in [2.45, 2.75) is 13.3 Å². The first-order valence-corrected chi connectivity index (χ1v) is 6.44. The predicted molar refractivity (Wildman–Crippen MR) is 78.0 cm³/mol. The monoisotopic (exact) mass is 307 g/mol. The van der Waals surface area contributed by atoms with Crippen LogP contribution in [0.1, 0.15) is 12.5 Å². The van der Waals surface area contributed by atoms with Gasteiger partial charge >= 0.3 is 12.0 Å². The molecule has 0 aliphatic rings. The van der Waals surface area contributed by atoms with Gasteiger partial charge < -0.3 is 15.4 Å². The second kappa shape index (κ2) is 8.40. The number of benzene rings is 1. The number of amides is 4. The van der Waals surface area contributed by atoms with Gasteiger partial charge in [-0.25, -0.2) is 4.79 Å². The molecule has 1 aromatic carbocycles. The summed E-state index contributed by atoms with van der Waals surface area (Å²) in [5.41, 5.74) is 1.29. The third-order valence-electron chi connectivity index (χ3n) is 2.47. The van der Waals surface area contributed by atoms with Crippen molar-refractivity contribution in [2.24, 2.45) is 0 Å². The normalized spacial score (nSPS) is 9.55. The van der Waals surface area contributed by atoms with E-state index in [2.05, 4.69) is 10.6 Å². The number of nitrogens with one attached hydrogen (secondary N) is 3. The van der Waals surface area contributed by atoms with Crippen molar-refractivity contribution in [3.8, 4) is 0 Å². The van der Waals surface area contributed by atoms with Crippen LogP contribution in [0.3, 0.4) is 0 Å². The Kier molecular flexibility index (Phi) is 6.55. The minimum atomic E-state index is -0.714. The zero-order chi connectivity index (χ0) is 16.5. The van der Waals surface area contributed by atoms with Gasteiger partial charge in [0, 0.05) is 19.7 Å². The molecule has 8 nitrogen and oxygen atoms in total. The molecular formula is C14H17N3O5. The first kappa shape index (κ1) is 17.2. The van der Waals surface area contributed by atoms with Gasteiger partial charge in [0.2, 0.25) is 5.91 Å². The Balaban J connectivity index is 2.40. The van der Waals surface area contributed by atoms with Gasteiger partial charge in [0.25, 0.3) is 5.91 Å². The summed E-state index contributed by atoms with van der Waals surface area (Å²) in [6.45, 7) is 0.866. The highest BCUT2D eigenvalue weighted by atomic mass is 16.5. The molecule has 4 amide bonds. The Labute approximate surface area is 127 Å². The Bertz CT molecular complexity index is 568. The van der Waals surface area contributed by atoms with Gasteiger partial charge in [-0.1, -0.05) is 12.1 Å². The van der Waals surface area contributed by atoms with Crippen LogP contribution in [-0.4, -0.2) is 37.5 Å². The first-order chi connectivity index (χ1) is 10.4. The Hall–Kier alpha value is -2.90. The van der Waals surface area contributed by atoms with E-state index in [0.29, 0.717) is 11.3 Å². The largest absolute Gasteiger partial charge is 0.455 e. The number of urea groups is 1. The molecule has 0 saturated carbocycles. The van der Waals surface area contributed by atoms with Gasteiger partial charge in [-0.05, 0) is 17.7 Å². The van der Waals surface area contributed by atoms with E-state index in [1.807, 2.05) is 5.32 Å². The summed E-state index contributed by atoms with van der Waals surface area (Å²) in [7, 11) is 1.36. The number of rotatable bonds is 5. The third-order valence-corrected chi connectivity index (χ3v) is 2.47. The molecule has 0 aliphatic carbocycles. The van der Waals surface area contributed by atoms with E-state index in [4.69, 9.17) is 4.74 Å². The molecule has 0 unspecified atom stereocenters. The van der Waals surface area contributed by atoms with Crippen molar-refractivity contribution in [2.75, 3.05) is 19.0 Å². The summed E-state index contributed by atoms with van der Waals surface area (Å²) in [5, 5.41) is 6.77. The highest BCUT2D eigenvalue weighted by molar-refractivity contribution is 5.95. The number of carbonyl (C=O) groups excluding carboxylic acids is 4. The molecule has 0 aromatic heterocycles. The molecule has 0 aliphatic heterocycles. The fraction of sp³-hybridized carbons (Fsp3) is 0.286. The number of carbonyl (C=O) groups is 4. The van der Waals surface area contributed by atoms with Crippen LogP contribution in [0, 0.1) is 0 Å². The average Bonchev–Trinajstić information content (AvgIpc) is 2.46. The van der Waals surface area contributed by atoms with E-state index in [0.717, 1.165) is 0 Å². The van der Waals surface area contributed by atoms with Crippen molar-refractivity contribution in [3.05, 3.63) is 29.8 Å². The van der Waals surface area contributed by atoms with Gasteiger partial charge in [-0.15, -0.1) is 0 Å².